The summed E-state index contributed by atoms with van der Waals surface area (Å²) in [6, 6.07) is 15.9. The van der Waals surface area contributed by atoms with Gasteiger partial charge in [0.1, 0.15) is 12.4 Å². The van der Waals surface area contributed by atoms with Gasteiger partial charge in [0.2, 0.25) is 0 Å². The SMILES string of the molecule is CCCCOCCCNCc1ccc(OCc2ccc(Cl)cc2)cc1. The summed E-state index contributed by atoms with van der Waals surface area (Å²) in [5.41, 5.74) is 2.36. The van der Waals surface area contributed by atoms with Crippen molar-refractivity contribution in [3.05, 3.63) is 64.7 Å². The minimum absolute atomic E-state index is 0.548. The van der Waals surface area contributed by atoms with E-state index < -0.39 is 0 Å². The van der Waals surface area contributed by atoms with Gasteiger partial charge in [-0.25, -0.2) is 0 Å². The second-order valence-electron chi connectivity index (χ2n) is 6.06. The van der Waals surface area contributed by atoms with Crippen molar-refractivity contribution < 1.29 is 9.47 Å². The molecule has 3 nitrogen and oxygen atoms in total. The highest BCUT2D eigenvalue weighted by molar-refractivity contribution is 6.30. The number of hydrogen-bond donors (Lipinski definition) is 1. The Morgan fingerprint density at radius 1 is 0.880 bits per heavy atom. The molecule has 25 heavy (non-hydrogen) atoms. The zero-order chi connectivity index (χ0) is 17.7. The quantitative estimate of drug-likeness (QED) is 0.526. The summed E-state index contributed by atoms with van der Waals surface area (Å²) in [5.74, 6) is 0.878. The first-order chi connectivity index (χ1) is 12.3. The molecule has 0 unspecified atom stereocenters. The lowest BCUT2D eigenvalue weighted by molar-refractivity contribution is 0.129. The maximum atomic E-state index is 5.88. The van der Waals surface area contributed by atoms with Gasteiger partial charge in [0, 0.05) is 24.8 Å². The van der Waals surface area contributed by atoms with Gasteiger partial charge < -0.3 is 14.8 Å². The summed E-state index contributed by atoms with van der Waals surface area (Å²) in [6.45, 7) is 6.29. The molecule has 2 rings (SSSR count). The van der Waals surface area contributed by atoms with Gasteiger partial charge >= 0.3 is 0 Å². The number of benzene rings is 2. The molecular formula is C21H28ClNO2. The molecule has 0 radical (unpaired) electrons. The van der Waals surface area contributed by atoms with Gasteiger partial charge in [-0.3, -0.25) is 0 Å². The Morgan fingerprint density at radius 3 is 2.28 bits per heavy atom. The molecule has 2 aromatic carbocycles. The van der Waals surface area contributed by atoms with Crippen LogP contribution in [0.5, 0.6) is 5.75 Å². The largest absolute Gasteiger partial charge is 0.489 e. The van der Waals surface area contributed by atoms with Crippen LogP contribution in [0.2, 0.25) is 5.02 Å². The molecule has 0 fully saturated rings. The third-order valence-electron chi connectivity index (χ3n) is 3.86. The van der Waals surface area contributed by atoms with E-state index in [1.165, 1.54) is 12.0 Å². The highest BCUT2D eigenvalue weighted by Gasteiger charge is 1.98. The van der Waals surface area contributed by atoms with Crippen LogP contribution in [-0.4, -0.2) is 19.8 Å². The van der Waals surface area contributed by atoms with E-state index in [1.807, 2.05) is 36.4 Å². The molecule has 0 bridgehead atoms. The zero-order valence-electron chi connectivity index (χ0n) is 15.0. The fourth-order valence-electron chi connectivity index (χ4n) is 2.33. The minimum atomic E-state index is 0.548. The number of unbranched alkanes of at least 4 members (excludes halogenated alkanes) is 1. The van der Waals surface area contributed by atoms with E-state index >= 15 is 0 Å². The number of rotatable bonds is 12. The first kappa shape index (κ1) is 19.8. The summed E-state index contributed by atoms with van der Waals surface area (Å²) < 4.78 is 11.3. The van der Waals surface area contributed by atoms with Gasteiger partial charge in [-0.2, -0.15) is 0 Å². The predicted octanol–water partition coefficient (Wildman–Crippen LogP) is 5.22. The Bertz CT molecular complexity index is 584. The van der Waals surface area contributed by atoms with Crippen LogP contribution >= 0.6 is 11.6 Å². The predicted molar refractivity (Wildman–Crippen MR) is 104 cm³/mol. The maximum Gasteiger partial charge on any atom is 0.119 e. The molecule has 0 aliphatic carbocycles. The molecule has 1 N–H and O–H groups in total. The fourth-order valence-corrected chi connectivity index (χ4v) is 2.46. The Balaban J connectivity index is 1.60. The molecule has 0 aromatic heterocycles. The average Bonchev–Trinajstić information content (AvgIpc) is 2.64. The van der Waals surface area contributed by atoms with Crippen LogP contribution in [0.3, 0.4) is 0 Å². The van der Waals surface area contributed by atoms with Crippen LogP contribution in [-0.2, 0) is 17.9 Å². The van der Waals surface area contributed by atoms with Crippen molar-refractivity contribution in [3.63, 3.8) is 0 Å². The van der Waals surface area contributed by atoms with Crippen LogP contribution in [0.15, 0.2) is 48.5 Å². The summed E-state index contributed by atoms with van der Waals surface area (Å²) in [7, 11) is 0. The van der Waals surface area contributed by atoms with Crippen LogP contribution in [0.4, 0.5) is 0 Å². The molecule has 4 heteroatoms. The zero-order valence-corrected chi connectivity index (χ0v) is 15.7. The third-order valence-corrected chi connectivity index (χ3v) is 4.11. The van der Waals surface area contributed by atoms with Crippen LogP contribution in [0.25, 0.3) is 0 Å². The Kier molecular flexibility index (Phi) is 9.42. The summed E-state index contributed by atoms with van der Waals surface area (Å²) >= 11 is 5.88. The second kappa shape index (κ2) is 11.9. The van der Waals surface area contributed by atoms with Crippen molar-refractivity contribution in [1.29, 1.82) is 0 Å². The molecule has 0 aliphatic heterocycles. The smallest absolute Gasteiger partial charge is 0.119 e. The monoisotopic (exact) mass is 361 g/mol. The Labute approximate surface area is 156 Å². The van der Waals surface area contributed by atoms with Crippen LogP contribution in [0, 0.1) is 0 Å². The van der Waals surface area contributed by atoms with E-state index in [9.17, 15) is 0 Å². The highest BCUT2D eigenvalue weighted by Crippen LogP contribution is 2.15. The van der Waals surface area contributed by atoms with Crippen molar-refractivity contribution in [1.82, 2.24) is 5.32 Å². The van der Waals surface area contributed by atoms with E-state index in [-0.39, 0.29) is 0 Å². The molecule has 2 aromatic rings. The second-order valence-corrected chi connectivity index (χ2v) is 6.49. The molecular weight excluding hydrogens is 334 g/mol. The molecule has 0 saturated heterocycles. The Hall–Kier alpha value is -1.55. The summed E-state index contributed by atoms with van der Waals surface area (Å²) in [4.78, 5) is 0. The number of halogens is 1. The van der Waals surface area contributed by atoms with E-state index in [2.05, 4.69) is 24.4 Å². The van der Waals surface area contributed by atoms with Gasteiger partial charge in [0.05, 0.1) is 0 Å². The van der Waals surface area contributed by atoms with Crippen molar-refractivity contribution in [2.45, 2.75) is 39.3 Å². The summed E-state index contributed by atoms with van der Waals surface area (Å²) in [6.07, 6.45) is 3.39. The highest BCUT2D eigenvalue weighted by atomic mass is 35.5. The summed E-state index contributed by atoms with van der Waals surface area (Å²) in [5, 5.41) is 4.19. The molecule has 0 aliphatic rings. The lowest BCUT2D eigenvalue weighted by Crippen LogP contribution is -2.16. The van der Waals surface area contributed by atoms with Gasteiger partial charge in [-0.15, -0.1) is 0 Å². The normalized spacial score (nSPS) is 10.8. The van der Waals surface area contributed by atoms with Gasteiger partial charge in [-0.1, -0.05) is 49.2 Å². The third kappa shape index (κ3) is 8.39. The number of nitrogens with one attached hydrogen (secondary N) is 1. The lowest BCUT2D eigenvalue weighted by atomic mass is 10.2. The first-order valence-corrected chi connectivity index (χ1v) is 9.40. The fraction of sp³-hybridized carbons (Fsp3) is 0.429. The van der Waals surface area contributed by atoms with Gasteiger partial charge in [0.15, 0.2) is 0 Å². The van der Waals surface area contributed by atoms with E-state index in [0.29, 0.717) is 6.61 Å². The maximum absolute atomic E-state index is 5.88. The van der Waals surface area contributed by atoms with Gasteiger partial charge in [-0.05, 0) is 54.8 Å². The van der Waals surface area contributed by atoms with Crippen LogP contribution in [0.1, 0.15) is 37.3 Å². The molecule has 0 atom stereocenters. The molecule has 136 valence electrons. The standard InChI is InChI=1S/C21H28ClNO2/c1-2-3-14-24-15-4-13-23-16-18-7-11-21(12-8-18)25-17-19-5-9-20(22)10-6-19/h5-12,23H,2-4,13-17H2,1H3. The lowest BCUT2D eigenvalue weighted by Gasteiger charge is -2.09. The van der Waals surface area contributed by atoms with E-state index in [4.69, 9.17) is 21.1 Å². The molecule has 0 heterocycles. The average molecular weight is 362 g/mol. The van der Waals surface area contributed by atoms with Crippen LogP contribution < -0.4 is 10.1 Å². The molecule has 0 spiro atoms. The molecule has 0 saturated carbocycles. The van der Waals surface area contributed by atoms with E-state index in [0.717, 1.165) is 55.5 Å². The minimum Gasteiger partial charge on any atom is -0.489 e. The number of hydrogen-bond acceptors (Lipinski definition) is 3. The topological polar surface area (TPSA) is 30.5 Å². The van der Waals surface area contributed by atoms with Gasteiger partial charge in [0.25, 0.3) is 0 Å². The van der Waals surface area contributed by atoms with Crippen molar-refractivity contribution in [3.8, 4) is 5.75 Å². The Morgan fingerprint density at radius 2 is 1.56 bits per heavy atom. The first-order valence-electron chi connectivity index (χ1n) is 9.02. The molecule has 0 amide bonds. The number of ether oxygens (including phenoxy) is 2. The van der Waals surface area contributed by atoms with Crippen molar-refractivity contribution in [2.75, 3.05) is 19.8 Å². The van der Waals surface area contributed by atoms with Crippen molar-refractivity contribution >= 4 is 11.6 Å². The van der Waals surface area contributed by atoms with E-state index in [1.54, 1.807) is 0 Å². The van der Waals surface area contributed by atoms with Crippen molar-refractivity contribution in [2.24, 2.45) is 0 Å².